The second-order valence-electron chi connectivity index (χ2n) is 5.69. The molecule has 0 bridgehead atoms. The van der Waals surface area contributed by atoms with Gasteiger partial charge in [0.1, 0.15) is 0 Å². The van der Waals surface area contributed by atoms with Gasteiger partial charge < -0.3 is 16.9 Å². The van der Waals surface area contributed by atoms with Crippen LogP contribution < -0.4 is 11.5 Å². The number of anilines is 2. The normalized spacial score (nSPS) is 15.1. The molecule has 0 heterocycles. The molecule has 1 aliphatic carbocycles. The molecular weight excluding hydrogens is 318 g/mol. The Balaban J connectivity index is 0.00000208. The lowest BCUT2D eigenvalue weighted by atomic mass is 9.95. The van der Waals surface area contributed by atoms with Crippen molar-refractivity contribution >= 4 is 35.6 Å². The molecule has 1 aliphatic rings. The largest absolute Gasteiger partial charge is 0.399 e. The number of nitrogens with one attached hydrogen (secondary N) is 1. The second kappa shape index (κ2) is 7.20. The highest BCUT2D eigenvalue weighted by Gasteiger charge is 2.07. The SMILES string of the molecule is CC1=CC(=Cc2ccc(N)cc2-c2ccc(N)cc2)C=CC1=N.Cl. The van der Waals surface area contributed by atoms with Crippen molar-refractivity contribution in [1.29, 1.82) is 5.41 Å². The number of benzene rings is 2. The fraction of sp³-hybridized carbons (Fsp3) is 0.0500. The lowest BCUT2D eigenvalue weighted by Crippen LogP contribution is -1.98. The third-order valence-corrected chi connectivity index (χ3v) is 3.87. The molecule has 0 atom stereocenters. The Bertz CT molecular complexity index is 859. The molecule has 0 amide bonds. The summed E-state index contributed by atoms with van der Waals surface area (Å²) in [6.45, 7) is 1.95. The molecule has 0 radical (unpaired) electrons. The maximum Gasteiger partial charge on any atom is 0.0569 e. The lowest BCUT2D eigenvalue weighted by Gasteiger charge is -2.11. The van der Waals surface area contributed by atoms with E-state index >= 15 is 0 Å². The van der Waals surface area contributed by atoms with Crippen LogP contribution in [-0.4, -0.2) is 5.71 Å². The topological polar surface area (TPSA) is 75.9 Å². The highest BCUT2D eigenvalue weighted by atomic mass is 35.5. The lowest BCUT2D eigenvalue weighted by molar-refractivity contribution is 1.43. The van der Waals surface area contributed by atoms with Crippen molar-refractivity contribution in [3.63, 3.8) is 0 Å². The molecule has 24 heavy (non-hydrogen) atoms. The molecule has 0 aliphatic heterocycles. The molecule has 3 nitrogen and oxygen atoms in total. The predicted octanol–water partition coefficient (Wildman–Crippen LogP) is 4.86. The Morgan fingerprint density at radius 2 is 1.58 bits per heavy atom. The summed E-state index contributed by atoms with van der Waals surface area (Å²) in [4.78, 5) is 0. The summed E-state index contributed by atoms with van der Waals surface area (Å²) in [6, 6.07) is 13.7. The summed E-state index contributed by atoms with van der Waals surface area (Å²) in [6.07, 6.45) is 7.91. The first-order valence-electron chi connectivity index (χ1n) is 7.45. The molecule has 122 valence electrons. The van der Waals surface area contributed by atoms with Crippen LogP contribution in [0.15, 0.2) is 71.8 Å². The molecule has 0 spiro atoms. The molecule has 0 unspecified atom stereocenters. The third-order valence-electron chi connectivity index (χ3n) is 3.87. The molecule has 4 heteroatoms. The zero-order valence-corrected chi connectivity index (χ0v) is 14.2. The van der Waals surface area contributed by atoms with Crippen molar-refractivity contribution < 1.29 is 0 Å². The summed E-state index contributed by atoms with van der Waals surface area (Å²) in [5.41, 5.74) is 19.0. The quantitative estimate of drug-likeness (QED) is 0.684. The van der Waals surface area contributed by atoms with E-state index in [4.69, 9.17) is 16.9 Å². The minimum Gasteiger partial charge on any atom is -0.399 e. The molecule has 0 saturated heterocycles. The molecule has 5 N–H and O–H groups in total. The molecular formula is C20H20ClN3. The number of halogens is 1. The monoisotopic (exact) mass is 337 g/mol. The molecule has 2 aromatic rings. The van der Waals surface area contributed by atoms with Crippen LogP contribution in [-0.2, 0) is 0 Å². The van der Waals surface area contributed by atoms with Crippen molar-refractivity contribution in [3.8, 4) is 11.1 Å². The maximum atomic E-state index is 7.78. The van der Waals surface area contributed by atoms with Crippen molar-refractivity contribution in [2.24, 2.45) is 0 Å². The van der Waals surface area contributed by atoms with Crippen molar-refractivity contribution in [1.82, 2.24) is 0 Å². The zero-order valence-electron chi connectivity index (χ0n) is 13.4. The summed E-state index contributed by atoms with van der Waals surface area (Å²) in [7, 11) is 0. The van der Waals surface area contributed by atoms with Crippen LogP contribution in [0, 0.1) is 5.41 Å². The first-order valence-corrected chi connectivity index (χ1v) is 7.45. The summed E-state index contributed by atoms with van der Waals surface area (Å²) in [5, 5.41) is 7.78. The van der Waals surface area contributed by atoms with Crippen LogP contribution in [0.1, 0.15) is 12.5 Å². The average Bonchev–Trinajstić information content (AvgIpc) is 2.53. The fourth-order valence-electron chi connectivity index (χ4n) is 2.57. The van der Waals surface area contributed by atoms with Gasteiger partial charge in [-0.15, -0.1) is 12.4 Å². The Labute approximate surface area is 148 Å². The highest BCUT2D eigenvalue weighted by Crippen LogP contribution is 2.29. The minimum absolute atomic E-state index is 0. The second-order valence-corrected chi connectivity index (χ2v) is 5.69. The van der Waals surface area contributed by atoms with Gasteiger partial charge in [0.2, 0.25) is 0 Å². The van der Waals surface area contributed by atoms with E-state index in [1.54, 1.807) is 0 Å². The van der Waals surface area contributed by atoms with Crippen LogP contribution in [0.4, 0.5) is 11.4 Å². The first kappa shape index (κ1) is 17.6. The Morgan fingerprint density at radius 1 is 0.917 bits per heavy atom. The van der Waals surface area contributed by atoms with E-state index in [2.05, 4.69) is 6.08 Å². The van der Waals surface area contributed by atoms with E-state index in [1.165, 1.54) is 0 Å². The third kappa shape index (κ3) is 3.76. The van der Waals surface area contributed by atoms with E-state index in [0.717, 1.165) is 39.2 Å². The smallest absolute Gasteiger partial charge is 0.0569 e. The van der Waals surface area contributed by atoms with Gasteiger partial charge in [-0.25, -0.2) is 0 Å². The standard InChI is InChI=1S/C20H19N3.ClH/c1-13-10-14(2-9-20(13)23)11-16-5-8-18(22)12-19(16)15-3-6-17(21)7-4-15;/h2-12,23H,21-22H2,1H3;1H. The number of nitrogen functional groups attached to an aromatic ring is 2. The van der Waals surface area contributed by atoms with Crippen LogP contribution in [0.3, 0.4) is 0 Å². The van der Waals surface area contributed by atoms with Gasteiger partial charge in [0.25, 0.3) is 0 Å². The Kier molecular flexibility index (Phi) is 5.27. The molecule has 0 aromatic heterocycles. The fourth-order valence-corrected chi connectivity index (χ4v) is 2.57. The number of hydrogen-bond acceptors (Lipinski definition) is 3. The number of rotatable bonds is 2. The van der Waals surface area contributed by atoms with E-state index in [-0.39, 0.29) is 12.4 Å². The van der Waals surface area contributed by atoms with Gasteiger partial charge in [-0.3, -0.25) is 0 Å². The van der Waals surface area contributed by atoms with Crippen LogP contribution in [0.2, 0.25) is 0 Å². The number of allylic oxidation sites excluding steroid dienone is 5. The van der Waals surface area contributed by atoms with Crippen LogP contribution in [0.25, 0.3) is 17.2 Å². The molecule has 3 rings (SSSR count). The molecule has 0 fully saturated rings. The van der Waals surface area contributed by atoms with Gasteiger partial charge >= 0.3 is 0 Å². The van der Waals surface area contributed by atoms with Gasteiger partial charge in [-0.2, -0.15) is 0 Å². The Hall–Kier alpha value is -2.78. The average molecular weight is 338 g/mol. The van der Waals surface area contributed by atoms with E-state index in [9.17, 15) is 0 Å². The molecule has 2 aromatic carbocycles. The van der Waals surface area contributed by atoms with Crippen molar-refractivity contribution in [3.05, 3.63) is 77.4 Å². The van der Waals surface area contributed by atoms with Gasteiger partial charge in [0.05, 0.1) is 5.71 Å². The first-order chi connectivity index (χ1) is 11.0. The minimum atomic E-state index is 0. The summed E-state index contributed by atoms with van der Waals surface area (Å²) < 4.78 is 0. The predicted molar refractivity (Wildman–Crippen MR) is 107 cm³/mol. The van der Waals surface area contributed by atoms with Crippen LogP contribution in [0.5, 0.6) is 0 Å². The summed E-state index contributed by atoms with van der Waals surface area (Å²) >= 11 is 0. The zero-order chi connectivity index (χ0) is 16.4. The van der Waals surface area contributed by atoms with Gasteiger partial charge in [0, 0.05) is 11.4 Å². The van der Waals surface area contributed by atoms with Crippen molar-refractivity contribution in [2.75, 3.05) is 11.5 Å². The van der Waals surface area contributed by atoms with Crippen LogP contribution >= 0.6 is 12.4 Å². The van der Waals surface area contributed by atoms with Gasteiger partial charge in [-0.1, -0.05) is 24.3 Å². The van der Waals surface area contributed by atoms with Gasteiger partial charge in [0.15, 0.2) is 0 Å². The highest BCUT2D eigenvalue weighted by molar-refractivity contribution is 6.08. The van der Waals surface area contributed by atoms with E-state index < -0.39 is 0 Å². The summed E-state index contributed by atoms with van der Waals surface area (Å²) in [5.74, 6) is 0. The van der Waals surface area contributed by atoms with Gasteiger partial charge in [-0.05, 0) is 77.3 Å². The van der Waals surface area contributed by atoms with E-state index in [1.807, 2.05) is 67.6 Å². The number of hydrogen-bond donors (Lipinski definition) is 3. The number of nitrogens with two attached hydrogens (primary N) is 2. The van der Waals surface area contributed by atoms with Crippen molar-refractivity contribution in [2.45, 2.75) is 6.92 Å². The molecule has 0 saturated carbocycles. The Morgan fingerprint density at radius 3 is 2.25 bits per heavy atom. The van der Waals surface area contributed by atoms with E-state index in [0.29, 0.717) is 5.71 Å². The maximum absolute atomic E-state index is 7.78.